The van der Waals surface area contributed by atoms with Crippen LogP contribution >= 0.6 is 0 Å². The van der Waals surface area contributed by atoms with E-state index in [0.29, 0.717) is 5.92 Å². The fourth-order valence-corrected chi connectivity index (χ4v) is 1.90. The molecule has 2 atom stereocenters. The van der Waals surface area contributed by atoms with E-state index in [2.05, 4.69) is 26.0 Å². The third-order valence-electron chi connectivity index (χ3n) is 2.42. The molecular weight excluding hydrogens is 160 g/mol. The Hall–Kier alpha value is -0.820. The molecule has 1 nitrogen and oxygen atoms in total. The Balaban J connectivity index is 2.89. The monoisotopic (exact) mass is 178 g/mol. The maximum Gasteiger partial charge on any atom is 0.0583 e. The molecule has 13 heavy (non-hydrogen) atoms. The summed E-state index contributed by atoms with van der Waals surface area (Å²) < 4.78 is 0. The van der Waals surface area contributed by atoms with Crippen molar-refractivity contribution in [1.29, 1.82) is 0 Å². The van der Waals surface area contributed by atoms with Crippen LogP contribution in [-0.4, -0.2) is 11.2 Å². The SMILES string of the molecule is CC(C)C(c1ccccc1)C(C)O. The minimum absolute atomic E-state index is 0.251. The van der Waals surface area contributed by atoms with Crippen molar-refractivity contribution in [3.05, 3.63) is 35.9 Å². The van der Waals surface area contributed by atoms with Crippen molar-refractivity contribution < 1.29 is 5.11 Å². The summed E-state index contributed by atoms with van der Waals surface area (Å²) in [5.74, 6) is 0.726. The molecule has 0 amide bonds. The molecule has 0 fully saturated rings. The van der Waals surface area contributed by atoms with E-state index < -0.39 is 0 Å². The van der Waals surface area contributed by atoms with Gasteiger partial charge in [-0.25, -0.2) is 0 Å². The number of rotatable bonds is 3. The molecule has 0 aliphatic heterocycles. The molecule has 0 aliphatic rings. The lowest BCUT2D eigenvalue weighted by Crippen LogP contribution is -2.19. The van der Waals surface area contributed by atoms with Gasteiger partial charge in [0.15, 0.2) is 0 Å². The van der Waals surface area contributed by atoms with E-state index in [1.54, 1.807) is 0 Å². The van der Waals surface area contributed by atoms with E-state index in [1.165, 1.54) is 5.56 Å². The molecular formula is C12H18O. The summed E-state index contributed by atoms with van der Waals surface area (Å²) in [4.78, 5) is 0. The van der Waals surface area contributed by atoms with E-state index in [0.717, 1.165) is 0 Å². The predicted octanol–water partition coefficient (Wildman–Crippen LogP) is 2.81. The zero-order valence-electron chi connectivity index (χ0n) is 8.57. The normalized spacial score (nSPS) is 15.8. The lowest BCUT2D eigenvalue weighted by atomic mass is 9.85. The summed E-state index contributed by atoms with van der Waals surface area (Å²) in [6, 6.07) is 10.2. The minimum Gasteiger partial charge on any atom is -0.393 e. The van der Waals surface area contributed by atoms with Crippen LogP contribution in [0.4, 0.5) is 0 Å². The fourth-order valence-electron chi connectivity index (χ4n) is 1.90. The van der Waals surface area contributed by atoms with Gasteiger partial charge in [-0.3, -0.25) is 0 Å². The molecule has 1 aromatic carbocycles. The lowest BCUT2D eigenvalue weighted by molar-refractivity contribution is 0.140. The Morgan fingerprint density at radius 3 is 1.92 bits per heavy atom. The van der Waals surface area contributed by atoms with Gasteiger partial charge in [0.25, 0.3) is 0 Å². The van der Waals surface area contributed by atoms with E-state index in [4.69, 9.17) is 0 Å². The second-order valence-electron chi connectivity index (χ2n) is 3.92. The van der Waals surface area contributed by atoms with Gasteiger partial charge in [0.05, 0.1) is 6.10 Å². The van der Waals surface area contributed by atoms with E-state index in [-0.39, 0.29) is 12.0 Å². The summed E-state index contributed by atoms with van der Waals surface area (Å²) in [6.45, 7) is 6.15. The smallest absolute Gasteiger partial charge is 0.0583 e. The van der Waals surface area contributed by atoms with E-state index in [9.17, 15) is 5.11 Å². The van der Waals surface area contributed by atoms with Crippen LogP contribution in [0.5, 0.6) is 0 Å². The number of hydrogen-bond acceptors (Lipinski definition) is 1. The molecule has 0 spiro atoms. The quantitative estimate of drug-likeness (QED) is 0.754. The summed E-state index contributed by atoms with van der Waals surface area (Å²) >= 11 is 0. The average molecular weight is 178 g/mol. The summed E-state index contributed by atoms with van der Waals surface area (Å²) in [5, 5.41) is 9.64. The highest BCUT2D eigenvalue weighted by atomic mass is 16.3. The minimum atomic E-state index is -0.276. The molecule has 0 aliphatic carbocycles. The zero-order chi connectivity index (χ0) is 9.84. The van der Waals surface area contributed by atoms with Crippen LogP contribution in [0, 0.1) is 5.92 Å². The van der Waals surface area contributed by atoms with Crippen LogP contribution in [0.2, 0.25) is 0 Å². The van der Waals surface area contributed by atoms with Crippen LogP contribution < -0.4 is 0 Å². The summed E-state index contributed by atoms with van der Waals surface area (Å²) in [6.07, 6.45) is -0.276. The van der Waals surface area contributed by atoms with Gasteiger partial charge in [-0.2, -0.15) is 0 Å². The third-order valence-corrected chi connectivity index (χ3v) is 2.42. The number of benzene rings is 1. The zero-order valence-corrected chi connectivity index (χ0v) is 8.57. The van der Waals surface area contributed by atoms with Gasteiger partial charge in [0, 0.05) is 5.92 Å². The van der Waals surface area contributed by atoms with Gasteiger partial charge in [0.2, 0.25) is 0 Å². The van der Waals surface area contributed by atoms with Crippen LogP contribution in [0.25, 0.3) is 0 Å². The number of aliphatic hydroxyl groups excluding tert-OH is 1. The lowest BCUT2D eigenvalue weighted by Gasteiger charge is -2.24. The fraction of sp³-hybridized carbons (Fsp3) is 0.500. The van der Waals surface area contributed by atoms with Gasteiger partial charge in [-0.15, -0.1) is 0 Å². The van der Waals surface area contributed by atoms with Crippen molar-refractivity contribution in [3.63, 3.8) is 0 Å². The first-order valence-corrected chi connectivity index (χ1v) is 4.86. The Morgan fingerprint density at radius 2 is 1.54 bits per heavy atom. The van der Waals surface area contributed by atoms with Crippen LogP contribution in [0.15, 0.2) is 30.3 Å². The van der Waals surface area contributed by atoms with E-state index in [1.807, 2.05) is 25.1 Å². The molecule has 1 rings (SSSR count). The van der Waals surface area contributed by atoms with Crippen molar-refractivity contribution in [2.75, 3.05) is 0 Å². The molecule has 0 radical (unpaired) electrons. The molecule has 0 bridgehead atoms. The second kappa shape index (κ2) is 4.43. The van der Waals surface area contributed by atoms with Crippen LogP contribution in [0.3, 0.4) is 0 Å². The average Bonchev–Trinajstić information content (AvgIpc) is 2.04. The highest BCUT2D eigenvalue weighted by molar-refractivity contribution is 5.20. The molecule has 0 aromatic heterocycles. The van der Waals surface area contributed by atoms with Gasteiger partial charge in [0.1, 0.15) is 0 Å². The predicted molar refractivity (Wildman–Crippen MR) is 55.7 cm³/mol. The van der Waals surface area contributed by atoms with Crippen molar-refractivity contribution in [1.82, 2.24) is 0 Å². The molecule has 72 valence electrons. The number of aliphatic hydroxyl groups is 1. The summed E-state index contributed by atoms with van der Waals surface area (Å²) in [5.41, 5.74) is 1.23. The van der Waals surface area contributed by atoms with Gasteiger partial charge >= 0.3 is 0 Å². The Bertz CT molecular complexity index is 231. The highest BCUT2D eigenvalue weighted by Gasteiger charge is 2.20. The van der Waals surface area contributed by atoms with Gasteiger partial charge < -0.3 is 5.11 Å². The maximum absolute atomic E-state index is 9.64. The maximum atomic E-state index is 9.64. The molecule has 1 N–H and O–H groups in total. The molecule has 0 heterocycles. The highest BCUT2D eigenvalue weighted by Crippen LogP contribution is 2.27. The molecule has 0 saturated carbocycles. The third kappa shape index (κ3) is 2.56. The Labute approximate surface area is 80.4 Å². The Morgan fingerprint density at radius 1 is 1.00 bits per heavy atom. The topological polar surface area (TPSA) is 20.2 Å². The molecule has 0 saturated heterocycles. The second-order valence-corrected chi connectivity index (χ2v) is 3.92. The van der Waals surface area contributed by atoms with Crippen LogP contribution in [-0.2, 0) is 0 Å². The first kappa shape index (κ1) is 10.3. The molecule has 2 unspecified atom stereocenters. The van der Waals surface area contributed by atoms with Gasteiger partial charge in [-0.1, -0.05) is 44.2 Å². The first-order valence-electron chi connectivity index (χ1n) is 4.86. The summed E-state index contributed by atoms with van der Waals surface area (Å²) in [7, 11) is 0. The van der Waals surface area contributed by atoms with E-state index >= 15 is 0 Å². The molecule has 1 aromatic rings. The van der Waals surface area contributed by atoms with Crippen LogP contribution in [0.1, 0.15) is 32.3 Å². The van der Waals surface area contributed by atoms with Crippen molar-refractivity contribution in [2.45, 2.75) is 32.8 Å². The largest absolute Gasteiger partial charge is 0.393 e. The number of hydrogen-bond donors (Lipinski definition) is 1. The van der Waals surface area contributed by atoms with Crippen molar-refractivity contribution in [3.8, 4) is 0 Å². The van der Waals surface area contributed by atoms with Crippen molar-refractivity contribution in [2.24, 2.45) is 5.92 Å². The van der Waals surface area contributed by atoms with Gasteiger partial charge in [-0.05, 0) is 18.4 Å². The van der Waals surface area contributed by atoms with Crippen molar-refractivity contribution >= 4 is 0 Å². The standard InChI is InChI=1S/C12H18O/c1-9(2)12(10(3)13)11-7-5-4-6-8-11/h4-10,12-13H,1-3H3. The molecule has 1 heteroatoms. The first-order chi connectivity index (χ1) is 6.13. The Kier molecular flexibility index (Phi) is 3.49.